The molecule has 19 heteroatoms. The second-order valence-electron chi connectivity index (χ2n) is 25.9. The molecular formula is C81H140O17P2. The van der Waals surface area contributed by atoms with E-state index in [9.17, 15) is 43.2 Å². The van der Waals surface area contributed by atoms with Crippen LogP contribution < -0.4 is 0 Å². The predicted molar refractivity (Wildman–Crippen MR) is 408 cm³/mol. The minimum absolute atomic E-state index is 0.0659. The van der Waals surface area contributed by atoms with Crippen molar-refractivity contribution in [3.05, 3.63) is 109 Å². The van der Waals surface area contributed by atoms with Gasteiger partial charge in [0.2, 0.25) is 0 Å². The Labute approximate surface area is 607 Å². The van der Waals surface area contributed by atoms with Gasteiger partial charge < -0.3 is 33.8 Å². The summed E-state index contributed by atoms with van der Waals surface area (Å²) in [5.41, 5.74) is 0. The minimum Gasteiger partial charge on any atom is -0.462 e. The number of aliphatic hydroxyl groups excluding tert-OH is 1. The van der Waals surface area contributed by atoms with Gasteiger partial charge in [-0.15, -0.1) is 0 Å². The molecule has 100 heavy (non-hydrogen) atoms. The number of phosphoric acid groups is 2. The molecule has 0 amide bonds. The van der Waals surface area contributed by atoms with E-state index in [1.165, 1.54) is 83.5 Å². The van der Waals surface area contributed by atoms with E-state index >= 15 is 0 Å². The first kappa shape index (κ1) is 95.7. The van der Waals surface area contributed by atoms with Crippen LogP contribution in [0, 0.1) is 0 Å². The van der Waals surface area contributed by atoms with Crippen molar-refractivity contribution in [1.29, 1.82) is 0 Å². The van der Waals surface area contributed by atoms with Crippen molar-refractivity contribution in [3.8, 4) is 0 Å². The Morgan fingerprint density at radius 2 is 0.500 bits per heavy atom. The summed E-state index contributed by atoms with van der Waals surface area (Å²) in [4.78, 5) is 72.9. The monoisotopic (exact) mass is 1450 g/mol. The Morgan fingerprint density at radius 3 is 0.820 bits per heavy atom. The molecule has 0 aromatic rings. The predicted octanol–water partition coefficient (Wildman–Crippen LogP) is 22.6. The number of hydrogen-bond acceptors (Lipinski definition) is 15. The summed E-state index contributed by atoms with van der Waals surface area (Å²) in [6.45, 7) is 4.69. The maximum absolute atomic E-state index is 13.1. The lowest BCUT2D eigenvalue weighted by atomic mass is 10.1. The lowest BCUT2D eigenvalue weighted by Gasteiger charge is -2.21. The number of phosphoric ester groups is 2. The van der Waals surface area contributed by atoms with E-state index in [0.717, 1.165) is 154 Å². The highest BCUT2D eigenvalue weighted by atomic mass is 31.2. The summed E-state index contributed by atoms with van der Waals surface area (Å²) in [7, 11) is -9.98. The third-order valence-electron chi connectivity index (χ3n) is 16.2. The molecule has 576 valence electrons. The third kappa shape index (κ3) is 72.1. The van der Waals surface area contributed by atoms with Crippen LogP contribution in [0.5, 0.6) is 0 Å². The van der Waals surface area contributed by atoms with Crippen LogP contribution in [0.15, 0.2) is 109 Å². The van der Waals surface area contributed by atoms with Gasteiger partial charge in [0.1, 0.15) is 19.3 Å². The summed E-state index contributed by atoms with van der Waals surface area (Å²) in [6.07, 6.45) is 77.9. The lowest BCUT2D eigenvalue weighted by Crippen LogP contribution is -2.30. The zero-order valence-electron chi connectivity index (χ0n) is 62.8. The van der Waals surface area contributed by atoms with E-state index in [-0.39, 0.29) is 25.7 Å². The first-order chi connectivity index (χ1) is 48.7. The SMILES string of the molecule is CCCCC/C=C\C/C=C\C/C=C\C/C=C\CCCC(=O)OC[C@H](COP(=O)(O)OC[C@@H](O)COP(=O)(O)OC[C@@H](COC(=O)CCCCCCC/C=C\C/C=C\CCCCC)OC(=O)CCCCCCC/C=C\CCCCCC)OC(=O)CCCCCCC/C=C\C/C=C\CCCCC. The number of carbonyl (C=O) groups excluding carboxylic acids is 4. The largest absolute Gasteiger partial charge is 0.472 e. The van der Waals surface area contributed by atoms with Crippen molar-refractivity contribution in [2.75, 3.05) is 39.6 Å². The van der Waals surface area contributed by atoms with Crippen LogP contribution in [-0.4, -0.2) is 96.7 Å². The molecule has 0 aromatic carbocycles. The molecule has 17 nitrogen and oxygen atoms in total. The van der Waals surface area contributed by atoms with E-state index in [4.69, 9.17) is 37.0 Å². The molecule has 0 aliphatic heterocycles. The van der Waals surface area contributed by atoms with Crippen molar-refractivity contribution < 1.29 is 80.2 Å². The maximum Gasteiger partial charge on any atom is 0.472 e. The molecule has 0 aliphatic rings. The first-order valence-corrected chi connectivity index (χ1v) is 42.1. The second kappa shape index (κ2) is 73.0. The molecule has 0 saturated carbocycles. The van der Waals surface area contributed by atoms with Gasteiger partial charge in [-0.3, -0.25) is 37.3 Å². The number of esters is 4. The van der Waals surface area contributed by atoms with Gasteiger partial charge in [-0.2, -0.15) is 0 Å². The number of allylic oxidation sites excluding steroid dienone is 18. The molecule has 2 unspecified atom stereocenters. The van der Waals surface area contributed by atoms with Crippen LogP contribution in [0.2, 0.25) is 0 Å². The molecule has 0 aliphatic carbocycles. The van der Waals surface area contributed by atoms with Crippen LogP contribution >= 0.6 is 15.6 Å². The fraction of sp³-hybridized carbons (Fsp3) is 0.728. The van der Waals surface area contributed by atoms with Gasteiger partial charge in [0, 0.05) is 25.7 Å². The van der Waals surface area contributed by atoms with Gasteiger partial charge in [0.25, 0.3) is 0 Å². The highest BCUT2D eigenvalue weighted by molar-refractivity contribution is 7.47. The van der Waals surface area contributed by atoms with Gasteiger partial charge >= 0.3 is 39.5 Å². The Hall–Kier alpha value is -4.28. The summed E-state index contributed by atoms with van der Waals surface area (Å²) >= 11 is 0. The highest BCUT2D eigenvalue weighted by Crippen LogP contribution is 2.45. The maximum atomic E-state index is 13.1. The lowest BCUT2D eigenvalue weighted by molar-refractivity contribution is -0.161. The van der Waals surface area contributed by atoms with Gasteiger partial charge in [0.15, 0.2) is 12.2 Å². The van der Waals surface area contributed by atoms with Crippen LogP contribution in [0.1, 0.15) is 323 Å². The summed E-state index contributed by atoms with van der Waals surface area (Å²) in [5, 5.41) is 10.6. The van der Waals surface area contributed by atoms with E-state index in [2.05, 4.69) is 125 Å². The van der Waals surface area contributed by atoms with Gasteiger partial charge in [-0.05, 0) is 154 Å². The number of ether oxygens (including phenoxy) is 4. The molecular weight excluding hydrogens is 1310 g/mol. The Balaban J connectivity index is 5.42. The van der Waals surface area contributed by atoms with Crippen LogP contribution in [0.3, 0.4) is 0 Å². The number of unbranched alkanes of at least 4 members (excludes halogenated alkanes) is 29. The molecule has 0 fully saturated rings. The Bertz CT molecular complexity index is 2320. The molecule has 3 N–H and O–H groups in total. The number of hydrogen-bond donors (Lipinski definition) is 3. The molecule has 0 radical (unpaired) electrons. The second-order valence-corrected chi connectivity index (χ2v) is 28.8. The van der Waals surface area contributed by atoms with Gasteiger partial charge in [-0.25, -0.2) is 9.13 Å². The van der Waals surface area contributed by atoms with Crippen LogP contribution in [0.4, 0.5) is 0 Å². The smallest absolute Gasteiger partial charge is 0.462 e. The quantitative estimate of drug-likeness (QED) is 0.0169. The average molecular weight is 1450 g/mol. The van der Waals surface area contributed by atoms with Crippen molar-refractivity contribution in [2.24, 2.45) is 0 Å². The molecule has 5 atom stereocenters. The summed E-state index contributed by atoms with van der Waals surface area (Å²) in [5.74, 6) is -2.27. The zero-order valence-corrected chi connectivity index (χ0v) is 64.6. The van der Waals surface area contributed by atoms with E-state index in [1.54, 1.807) is 0 Å². The zero-order chi connectivity index (χ0) is 73.2. The summed E-state index contributed by atoms with van der Waals surface area (Å²) in [6, 6.07) is 0. The summed E-state index contributed by atoms with van der Waals surface area (Å²) < 4.78 is 68.4. The fourth-order valence-electron chi connectivity index (χ4n) is 10.1. The van der Waals surface area contributed by atoms with E-state index < -0.39 is 97.5 Å². The van der Waals surface area contributed by atoms with E-state index in [0.29, 0.717) is 32.1 Å². The normalized spacial score (nSPS) is 14.5. The molecule has 0 bridgehead atoms. The number of aliphatic hydroxyl groups is 1. The Kier molecular flexibility index (Phi) is 69.9. The molecule has 0 rings (SSSR count). The van der Waals surface area contributed by atoms with Crippen molar-refractivity contribution in [1.82, 2.24) is 0 Å². The molecule has 0 heterocycles. The van der Waals surface area contributed by atoms with Gasteiger partial charge in [0.05, 0.1) is 26.4 Å². The molecule has 0 saturated heterocycles. The van der Waals surface area contributed by atoms with Crippen molar-refractivity contribution in [3.63, 3.8) is 0 Å². The number of carbonyl (C=O) groups is 4. The topological polar surface area (TPSA) is 237 Å². The number of rotatable bonds is 73. The van der Waals surface area contributed by atoms with Crippen molar-refractivity contribution >= 4 is 39.5 Å². The highest BCUT2D eigenvalue weighted by Gasteiger charge is 2.30. The minimum atomic E-state index is -4.99. The molecule has 0 aromatic heterocycles. The third-order valence-corrected chi connectivity index (χ3v) is 18.1. The van der Waals surface area contributed by atoms with E-state index in [1.807, 2.05) is 12.2 Å². The van der Waals surface area contributed by atoms with Gasteiger partial charge in [-0.1, -0.05) is 253 Å². The molecule has 0 spiro atoms. The van der Waals surface area contributed by atoms with Crippen LogP contribution in [-0.2, 0) is 65.4 Å². The standard InChI is InChI=1S/C81H140O17P2/c1-5-9-13-17-21-25-29-33-36-37-40-43-46-50-54-58-62-66-79(84)92-72-77(98-81(86)68-64-60-56-52-48-44-39-35-31-27-23-19-15-11-7-3)74-96-100(89,90)94-70-75(82)69-93-99(87,88)95-73-76(97-80(85)67-63-59-55-51-47-41-32-28-24-20-16-12-8-4)71-91-78(83)65-61-57-53-49-45-42-38-34-30-26-22-18-14-10-6-2/h21-23,25-28,32-36,38-40,43,50,54,75-77,82H,5-20,24,29-31,37,41-42,44-49,51-53,55-74H2,1-4H3,(H,87,88)(H,89,90)/b25-21-,26-22-,27-23-,32-28-,36-33-,38-34-,39-35-,43-40-,54-50-/t75-,76+,77+/m0/s1. The average Bonchev–Trinajstić information content (AvgIpc) is 1.06. The first-order valence-electron chi connectivity index (χ1n) is 39.1. The Morgan fingerprint density at radius 1 is 0.280 bits per heavy atom. The van der Waals surface area contributed by atoms with Crippen molar-refractivity contribution in [2.45, 2.75) is 341 Å². The van der Waals surface area contributed by atoms with Crippen LogP contribution in [0.25, 0.3) is 0 Å². The fourth-order valence-corrected chi connectivity index (χ4v) is 11.7.